The molecule has 0 radical (unpaired) electrons. The standard InChI is InChI=1S/C15H14N2O3/c1-11-5-7-12(8-6-11)20-14(18)10-17-15(19)13-4-2-3-9-16-13/h2-9H,10H2,1H3,(H,17,19). The first-order chi connectivity index (χ1) is 9.65. The van der Waals surface area contributed by atoms with E-state index in [-0.39, 0.29) is 12.2 Å². The summed E-state index contributed by atoms with van der Waals surface area (Å²) in [7, 11) is 0. The number of ether oxygens (including phenoxy) is 1. The number of aromatic nitrogens is 1. The molecule has 1 aromatic heterocycles. The number of carbonyl (C=O) groups excluding carboxylic acids is 2. The van der Waals surface area contributed by atoms with Crippen LogP contribution >= 0.6 is 0 Å². The average molecular weight is 270 g/mol. The van der Waals surface area contributed by atoms with Crippen molar-refractivity contribution in [3.05, 3.63) is 59.9 Å². The molecule has 1 N–H and O–H groups in total. The molecule has 0 bridgehead atoms. The second kappa shape index (κ2) is 6.47. The maximum absolute atomic E-state index is 11.7. The molecule has 0 atom stereocenters. The summed E-state index contributed by atoms with van der Waals surface area (Å²) in [5, 5.41) is 2.45. The second-order valence-electron chi connectivity index (χ2n) is 4.18. The molecule has 1 heterocycles. The smallest absolute Gasteiger partial charge is 0.330 e. The normalized spacial score (nSPS) is 9.85. The van der Waals surface area contributed by atoms with Crippen LogP contribution in [0.1, 0.15) is 16.1 Å². The summed E-state index contributed by atoms with van der Waals surface area (Å²) in [5.41, 5.74) is 1.34. The molecule has 2 rings (SSSR count). The van der Waals surface area contributed by atoms with Crippen LogP contribution in [-0.2, 0) is 4.79 Å². The van der Waals surface area contributed by atoms with E-state index in [2.05, 4.69) is 10.3 Å². The van der Waals surface area contributed by atoms with Crippen molar-refractivity contribution in [1.82, 2.24) is 10.3 Å². The fourth-order valence-electron chi connectivity index (χ4n) is 1.51. The monoisotopic (exact) mass is 270 g/mol. The van der Waals surface area contributed by atoms with Crippen molar-refractivity contribution in [2.24, 2.45) is 0 Å². The van der Waals surface area contributed by atoms with E-state index in [1.165, 1.54) is 6.20 Å². The number of amides is 1. The Morgan fingerprint density at radius 2 is 1.90 bits per heavy atom. The molecule has 0 aliphatic carbocycles. The molecule has 2 aromatic rings. The van der Waals surface area contributed by atoms with Gasteiger partial charge in [-0.2, -0.15) is 0 Å². The minimum Gasteiger partial charge on any atom is -0.425 e. The molecule has 0 spiro atoms. The molecule has 0 unspecified atom stereocenters. The molecule has 20 heavy (non-hydrogen) atoms. The van der Waals surface area contributed by atoms with Crippen molar-refractivity contribution in [2.45, 2.75) is 6.92 Å². The van der Waals surface area contributed by atoms with Gasteiger partial charge >= 0.3 is 5.97 Å². The van der Waals surface area contributed by atoms with Gasteiger partial charge in [-0.15, -0.1) is 0 Å². The van der Waals surface area contributed by atoms with Gasteiger partial charge in [-0.1, -0.05) is 23.8 Å². The quantitative estimate of drug-likeness (QED) is 0.678. The van der Waals surface area contributed by atoms with Gasteiger partial charge in [0.25, 0.3) is 5.91 Å². The fourth-order valence-corrected chi connectivity index (χ4v) is 1.51. The molecule has 0 aliphatic rings. The number of carbonyl (C=O) groups is 2. The van der Waals surface area contributed by atoms with Gasteiger partial charge in [-0.05, 0) is 31.2 Å². The third-order valence-electron chi connectivity index (χ3n) is 2.54. The zero-order valence-corrected chi connectivity index (χ0v) is 11.0. The van der Waals surface area contributed by atoms with Crippen molar-refractivity contribution in [3.63, 3.8) is 0 Å². The summed E-state index contributed by atoms with van der Waals surface area (Å²) in [6.07, 6.45) is 1.51. The average Bonchev–Trinajstić information content (AvgIpc) is 2.48. The van der Waals surface area contributed by atoms with Gasteiger partial charge in [0.2, 0.25) is 0 Å². The largest absolute Gasteiger partial charge is 0.425 e. The maximum Gasteiger partial charge on any atom is 0.330 e. The van der Waals surface area contributed by atoms with Crippen molar-refractivity contribution < 1.29 is 14.3 Å². The fraction of sp³-hybridized carbons (Fsp3) is 0.133. The van der Waals surface area contributed by atoms with Crippen LogP contribution < -0.4 is 10.1 Å². The van der Waals surface area contributed by atoms with Crippen LogP contribution in [0.2, 0.25) is 0 Å². The second-order valence-corrected chi connectivity index (χ2v) is 4.18. The van der Waals surface area contributed by atoms with E-state index in [0.29, 0.717) is 5.75 Å². The zero-order valence-electron chi connectivity index (χ0n) is 11.0. The topological polar surface area (TPSA) is 68.3 Å². The summed E-state index contributed by atoms with van der Waals surface area (Å²) in [5.74, 6) is -0.489. The number of esters is 1. The van der Waals surface area contributed by atoms with Crippen LogP contribution in [0.5, 0.6) is 5.75 Å². The highest BCUT2D eigenvalue weighted by Crippen LogP contribution is 2.11. The number of rotatable bonds is 4. The van der Waals surface area contributed by atoms with Crippen molar-refractivity contribution >= 4 is 11.9 Å². The first-order valence-electron chi connectivity index (χ1n) is 6.12. The van der Waals surface area contributed by atoms with Crippen LogP contribution in [0.15, 0.2) is 48.7 Å². The third kappa shape index (κ3) is 3.91. The first-order valence-corrected chi connectivity index (χ1v) is 6.12. The Balaban J connectivity index is 1.83. The van der Waals surface area contributed by atoms with Gasteiger partial charge in [-0.25, -0.2) is 4.79 Å². The first kappa shape index (κ1) is 13.7. The van der Waals surface area contributed by atoms with Crippen molar-refractivity contribution in [2.75, 3.05) is 6.54 Å². The van der Waals surface area contributed by atoms with Gasteiger partial charge < -0.3 is 10.1 Å². The summed E-state index contributed by atoms with van der Waals surface area (Å²) in [4.78, 5) is 27.1. The van der Waals surface area contributed by atoms with E-state index in [1.807, 2.05) is 19.1 Å². The number of hydrogen-bond acceptors (Lipinski definition) is 4. The Morgan fingerprint density at radius 1 is 1.15 bits per heavy atom. The van der Waals surface area contributed by atoms with Crippen LogP contribution in [0, 0.1) is 6.92 Å². The summed E-state index contributed by atoms with van der Waals surface area (Å²) in [6, 6.07) is 12.1. The molecule has 5 nitrogen and oxygen atoms in total. The Bertz CT molecular complexity index is 594. The van der Waals surface area contributed by atoms with Crippen LogP contribution in [0.25, 0.3) is 0 Å². The number of nitrogens with one attached hydrogen (secondary N) is 1. The van der Waals surface area contributed by atoms with Gasteiger partial charge in [0, 0.05) is 6.20 Å². The van der Waals surface area contributed by atoms with Crippen LogP contribution in [-0.4, -0.2) is 23.4 Å². The molecule has 0 aliphatic heterocycles. The summed E-state index contributed by atoms with van der Waals surface area (Å²) < 4.78 is 5.08. The molecule has 0 fully saturated rings. The van der Waals surface area contributed by atoms with Gasteiger partial charge in [0.1, 0.15) is 18.0 Å². The molecule has 1 aromatic carbocycles. The van der Waals surface area contributed by atoms with E-state index >= 15 is 0 Å². The number of pyridine rings is 1. The minimum atomic E-state index is -0.530. The Morgan fingerprint density at radius 3 is 2.55 bits per heavy atom. The lowest BCUT2D eigenvalue weighted by Crippen LogP contribution is -2.32. The number of hydrogen-bond donors (Lipinski definition) is 1. The van der Waals surface area contributed by atoms with Gasteiger partial charge in [-0.3, -0.25) is 9.78 Å². The Hall–Kier alpha value is -2.69. The molecule has 5 heteroatoms. The molecule has 1 amide bonds. The number of aryl methyl sites for hydroxylation is 1. The minimum absolute atomic E-state index is 0.205. The lowest BCUT2D eigenvalue weighted by Gasteiger charge is -2.06. The summed E-state index contributed by atoms with van der Waals surface area (Å²) in [6.45, 7) is 1.74. The summed E-state index contributed by atoms with van der Waals surface area (Å²) >= 11 is 0. The highest BCUT2D eigenvalue weighted by atomic mass is 16.5. The highest BCUT2D eigenvalue weighted by Gasteiger charge is 2.10. The predicted octanol–water partition coefficient (Wildman–Crippen LogP) is 1.73. The van der Waals surface area contributed by atoms with Crippen LogP contribution in [0.3, 0.4) is 0 Å². The van der Waals surface area contributed by atoms with Crippen molar-refractivity contribution in [3.8, 4) is 5.75 Å². The van der Waals surface area contributed by atoms with E-state index in [0.717, 1.165) is 5.56 Å². The van der Waals surface area contributed by atoms with Crippen LogP contribution in [0.4, 0.5) is 0 Å². The Kier molecular flexibility index (Phi) is 4.44. The lowest BCUT2D eigenvalue weighted by molar-refractivity contribution is -0.133. The molecular formula is C15H14N2O3. The maximum atomic E-state index is 11.7. The predicted molar refractivity (Wildman–Crippen MR) is 73.4 cm³/mol. The SMILES string of the molecule is Cc1ccc(OC(=O)CNC(=O)c2ccccn2)cc1. The molecule has 0 saturated heterocycles. The lowest BCUT2D eigenvalue weighted by atomic mass is 10.2. The zero-order chi connectivity index (χ0) is 14.4. The van der Waals surface area contributed by atoms with Gasteiger partial charge in [0.05, 0.1) is 0 Å². The van der Waals surface area contributed by atoms with E-state index in [9.17, 15) is 9.59 Å². The Labute approximate surface area is 116 Å². The number of nitrogens with zero attached hydrogens (tertiary/aromatic N) is 1. The molecular weight excluding hydrogens is 256 g/mol. The molecule has 0 saturated carbocycles. The van der Waals surface area contributed by atoms with Crippen molar-refractivity contribution in [1.29, 1.82) is 0 Å². The number of benzene rings is 1. The molecule has 102 valence electrons. The third-order valence-corrected chi connectivity index (χ3v) is 2.54. The van der Waals surface area contributed by atoms with E-state index in [4.69, 9.17) is 4.74 Å². The highest BCUT2D eigenvalue weighted by molar-refractivity contribution is 5.94. The van der Waals surface area contributed by atoms with E-state index in [1.54, 1.807) is 30.3 Å². The van der Waals surface area contributed by atoms with E-state index < -0.39 is 11.9 Å². The van der Waals surface area contributed by atoms with Gasteiger partial charge in [0.15, 0.2) is 0 Å².